The molecule has 0 aromatic heterocycles. The van der Waals surface area contributed by atoms with Crippen molar-refractivity contribution in [1.29, 1.82) is 0 Å². The van der Waals surface area contributed by atoms with E-state index in [1.54, 1.807) is 38.3 Å². The number of carbonyl (C=O) groups is 1. The summed E-state index contributed by atoms with van der Waals surface area (Å²) in [6.45, 7) is 4.07. The molecule has 0 atom stereocenters. The van der Waals surface area contributed by atoms with Crippen molar-refractivity contribution in [3.8, 4) is 17.2 Å². The highest BCUT2D eigenvalue weighted by Crippen LogP contribution is 2.42. The summed E-state index contributed by atoms with van der Waals surface area (Å²) in [4.78, 5) is 14.0. The zero-order valence-corrected chi connectivity index (χ0v) is 11.9. The van der Waals surface area contributed by atoms with Gasteiger partial charge >= 0.3 is 0 Å². The number of carbonyl (C=O) groups excluding carboxylic acids is 1. The first kappa shape index (κ1) is 13.5. The highest BCUT2D eigenvalue weighted by atomic mass is 16.5. The molecule has 1 amide bonds. The van der Waals surface area contributed by atoms with Crippen LogP contribution in [0.4, 0.5) is 5.69 Å². The quantitative estimate of drug-likeness (QED) is 0.821. The third-order valence-electron chi connectivity index (χ3n) is 3.30. The molecule has 0 saturated carbocycles. The van der Waals surface area contributed by atoms with Gasteiger partial charge in [-0.2, -0.15) is 0 Å². The summed E-state index contributed by atoms with van der Waals surface area (Å²) in [6, 6.07) is 3.51. The van der Waals surface area contributed by atoms with Crippen LogP contribution in [0.1, 0.15) is 13.8 Å². The minimum atomic E-state index is -0.561. The lowest BCUT2D eigenvalue weighted by Gasteiger charge is -2.24. The number of anilines is 1. The molecule has 104 valence electrons. The molecule has 5 nitrogen and oxygen atoms in total. The van der Waals surface area contributed by atoms with Gasteiger partial charge in [-0.1, -0.05) is 0 Å². The Labute approximate surface area is 113 Å². The van der Waals surface area contributed by atoms with E-state index in [0.29, 0.717) is 29.5 Å². The van der Waals surface area contributed by atoms with Crippen molar-refractivity contribution in [2.45, 2.75) is 13.8 Å². The van der Waals surface area contributed by atoms with Crippen LogP contribution in [0.5, 0.6) is 17.2 Å². The third-order valence-corrected chi connectivity index (χ3v) is 3.30. The lowest BCUT2D eigenvalue weighted by atomic mass is 9.93. The lowest BCUT2D eigenvalue weighted by Crippen LogP contribution is -2.39. The Morgan fingerprint density at radius 3 is 2.37 bits per heavy atom. The molecule has 0 bridgehead atoms. The zero-order valence-electron chi connectivity index (χ0n) is 11.9. The van der Waals surface area contributed by atoms with Crippen molar-refractivity contribution in [2.75, 3.05) is 32.8 Å². The van der Waals surface area contributed by atoms with Gasteiger partial charge < -0.3 is 19.1 Å². The summed E-state index contributed by atoms with van der Waals surface area (Å²) < 4.78 is 16.3. The van der Waals surface area contributed by atoms with Crippen LogP contribution in [0.3, 0.4) is 0 Å². The molecule has 0 radical (unpaired) electrons. The van der Waals surface area contributed by atoms with Crippen LogP contribution < -0.4 is 19.1 Å². The highest BCUT2D eigenvalue weighted by Gasteiger charge is 2.36. The van der Waals surface area contributed by atoms with Crippen molar-refractivity contribution < 1.29 is 19.0 Å². The fourth-order valence-corrected chi connectivity index (χ4v) is 2.11. The van der Waals surface area contributed by atoms with Crippen molar-refractivity contribution in [3.63, 3.8) is 0 Å². The van der Waals surface area contributed by atoms with E-state index in [1.807, 2.05) is 13.8 Å². The predicted molar refractivity (Wildman–Crippen MR) is 72.2 cm³/mol. The second kappa shape index (κ2) is 4.64. The molecule has 0 spiro atoms. The Hall–Kier alpha value is -1.91. The molecular formula is C14H19NO4. The Morgan fingerprint density at radius 1 is 1.21 bits per heavy atom. The number of methoxy groups -OCH3 is 2. The predicted octanol–water partition coefficient (Wildman–Crippen LogP) is 2.09. The average molecular weight is 265 g/mol. The summed E-state index contributed by atoms with van der Waals surface area (Å²) in [6.07, 6.45) is 0. The summed E-state index contributed by atoms with van der Waals surface area (Å²) in [7, 11) is 4.87. The fraction of sp³-hybridized carbons (Fsp3) is 0.500. The second-order valence-electron chi connectivity index (χ2n) is 5.21. The fourth-order valence-electron chi connectivity index (χ4n) is 2.11. The van der Waals surface area contributed by atoms with Crippen LogP contribution in [-0.4, -0.2) is 33.8 Å². The summed E-state index contributed by atoms with van der Waals surface area (Å²) in [5.41, 5.74) is 0.127. The number of hydrogen-bond donors (Lipinski definition) is 0. The van der Waals surface area contributed by atoms with Crippen molar-refractivity contribution in [3.05, 3.63) is 12.1 Å². The number of amides is 1. The number of benzene rings is 1. The van der Waals surface area contributed by atoms with Gasteiger partial charge in [0.05, 0.1) is 25.3 Å². The van der Waals surface area contributed by atoms with Gasteiger partial charge in [0.1, 0.15) is 12.4 Å². The van der Waals surface area contributed by atoms with E-state index in [9.17, 15) is 4.79 Å². The minimum Gasteiger partial charge on any atom is -0.493 e. The largest absolute Gasteiger partial charge is 0.493 e. The third kappa shape index (κ3) is 2.20. The number of rotatable bonds is 2. The summed E-state index contributed by atoms with van der Waals surface area (Å²) in [5.74, 6) is 1.79. The number of fused-ring (bicyclic) bond motifs is 1. The maximum absolute atomic E-state index is 12.4. The molecule has 19 heavy (non-hydrogen) atoms. The van der Waals surface area contributed by atoms with Gasteiger partial charge in [0, 0.05) is 19.2 Å². The van der Waals surface area contributed by atoms with Crippen molar-refractivity contribution >= 4 is 11.6 Å². The maximum Gasteiger partial charge on any atom is 0.235 e. The normalized spacial score (nSPS) is 17.3. The topological polar surface area (TPSA) is 48.0 Å². The molecule has 1 aromatic rings. The molecule has 0 unspecified atom stereocenters. The summed E-state index contributed by atoms with van der Waals surface area (Å²) in [5, 5.41) is 0. The van der Waals surface area contributed by atoms with E-state index >= 15 is 0 Å². The van der Waals surface area contributed by atoms with Gasteiger partial charge in [-0.15, -0.1) is 0 Å². The molecular weight excluding hydrogens is 246 g/mol. The molecule has 0 N–H and O–H groups in total. The van der Waals surface area contributed by atoms with Crippen LogP contribution in [-0.2, 0) is 4.79 Å². The Morgan fingerprint density at radius 2 is 1.79 bits per heavy atom. The molecule has 0 saturated heterocycles. The van der Waals surface area contributed by atoms with Crippen LogP contribution in [0.15, 0.2) is 12.1 Å². The molecule has 0 aliphatic carbocycles. The first-order valence-electron chi connectivity index (χ1n) is 6.07. The van der Waals surface area contributed by atoms with Gasteiger partial charge in [-0.3, -0.25) is 4.79 Å². The van der Waals surface area contributed by atoms with E-state index < -0.39 is 5.41 Å². The lowest BCUT2D eigenvalue weighted by molar-refractivity contribution is -0.127. The maximum atomic E-state index is 12.4. The zero-order chi connectivity index (χ0) is 14.2. The van der Waals surface area contributed by atoms with Gasteiger partial charge in [0.25, 0.3) is 0 Å². The van der Waals surface area contributed by atoms with Gasteiger partial charge in [-0.05, 0) is 13.8 Å². The Balaban J connectivity index is 2.55. The van der Waals surface area contributed by atoms with E-state index in [0.717, 1.165) is 0 Å². The molecule has 1 aliphatic rings. The summed E-state index contributed by atoms with van der Waals surface area (Å²) >= 11 is 0. The first-order valence-corrected chi connectivity index (χ1v) is 6.07. The van der Waals surface area contributed by atoms with Crippen LogP contribution in [0.25, 0.3) is 0 Å². The molecule has 2 rings (SSSR count). The van der Waals surface area contributed by atoms with Crippen LogP contribution in [0.2, 0.25) is 0 Å². The van der Waals surface area contributed by atoms with E-state index in [2.05, 4.69) is 0 Å². The molecule has 0 fully saturated rings. The van der Waals surface area contributed by atoms with E-state index in [-0.39, 0.29) is 5.91 Å². The smallest absolute Gasteiger partial charge is 0.235 e. The van der Waals surface area contributed by atoms with Crippen LogP contribution in [0, 0.1) is 5.41 Å². The number of hydrogen-bond acceptors (Lipinski definition) is 4. The monoisotopic (exact) mass is 265 g/mol. The van der Waals surface area contributed by atoms with E-state index in [1.165, 1.54) is 0 Å². The standard InChI is InChI=1S/C14H19NO4/c1-14(2)8-19-10-7-12(18-5)11(17-4)6-9(10)15(3)13(14)16/h6-7H,8H2,1-5H3. The van der Waals surface area contributed by atoms with Crippen molar-refractivity contribution in [2.24, 2.45) is 5.41 Å². The Kier molecular flexibility index (Phi) is 3.30. The molecule has 5 heteroatoms. The van der Waals surface area contributed by atoms with Gasteiger partial charge in [-0.25, -0.2) is 0 Å². The van der Waals surface area contributed by atoms with Crippen molar-refractivity contribution in [1.82, 2.24) is 0 Å². The SMILES string of the molecule is COc1cc2c(cc1OC)N(C)C(=O)C(C)(C)CO2. The average Bonchev–Trinajstić information content (AvgIpc) is 2.49. The first-order chi connectivity index (χ1) is 8.90. The Bertz CT molecular complexity index is 510. The number of nitrogens with zero attached hydrogens (tertiary/aromatic N) is 1. The molecule has 1 aliphatic heterocycles. The number of ether oxygens (including phenoxy) is 3. The molecule has 1 heterocycles. The van der Waals surface area contributed by atoms with Gasteiger partial charge in [0.2, 0.25) is 5.91 Å². The van der Waals surface area contributed by atoms with Crippen LogP contribution >= 0.6 is 0 Å². The minimum absolute atomic E-state index is 0.0125. The highest BCUT2D eigenvalue weighted by molar-refractivity contribution is 5.99. The van der Waals surface area contributed by atoms with Gasteiger partial charge in [0.15, 0.2) is 11.5 Å². The van der Waals surface area contributed by atoms with E-state index in [4.69, 9.17) is 14.2 Å². The second-order valence-corrected chi connectivity index (χ2v) is 5.21. The molecule has 1 aromatic carbocycles.